The van der Waals surface area contributed by atoms with E-state index in [1.807, 2.05) is 24.5 Å². The van der Waals surface area contributed by atoms with Crippen LogP contribution < -0.4 is 15.8 Å². The van der Waals surface area contributed by atoms with Crippen LogP contribution in [0, 0.1) is 0 Å². The molecule has 0 aliphatic rings. The second kappa shape index (κ2) is 4.47. The molecule has 0 bridgehead atoms. The second-order valence-electron chi connectivity index (χ2n) is 3.92. The highest BCUT2D eigenvalue weighted by atomic mass is 28.3. The number of benzene rings is 1. The molecule has 3 aromatic rings. The van der Waals surface area contributed by atoms with E-state index in [0.29, 0.717) is 0 Å². The first kappa shape index (κ1) is 10.2. The molecule has 0 fully saturated rings. The van der Waals surface area contributed by atoms with Crippen molar-refractivity contribution in [2.24, 2.45) is 0 Å². The molecule has 0 spiro atoms. The molecule has 0 N–H and O–H groups in total. The summed E-state index contributed by atoms with van der Waals surface area (Å²) in [5.74, 6) is 0. The van der Waals surface area contributed by atoms with E-state index in [9.17, 15) is 0 Å². The summed E-state index contributed by atoms with van der Waals surface area (Å²) >= 11 is 0. The van der Waals surface area contributed by atoms with Crippen molar-refractivity contribution in [2.45, 2.75) is 0 Å². The summed E-state index contributed by atoms with van der Waals surface area (Å²) < 4.78 is 10.8. The Balaban J connectivity index is 2.10. The van der Waals surface area contributed by atoms with Crippen molar-refractivity contribution in [1.29, 1.82) is 0 Å². The molecule has 0 saturated heterocycles. The van der Waals surface area contributed by atoms with Crippen LogP contribution in [0.3, 0.4) is 0 Å². The normalized spacial score (nSPS) is 12.5. The Bertz CT molecular complexity index is 521. The number of rotatable bonds is 3. The first-order valence-corrected chi connectivity index (χ1v) is 7.29. The Morgan fingerprint density at radius 1 is 0.765 bits per heavy atom. The largest absolute Gasteiger partial charge is 0.474 e. The topological polar surface area (TPSA) is 26.3 Å². The average Bonchev–Trinajstić information content (AvgIpc) is 3.04. The van der Waals surface area contributed by atoms with Gasteiger partial charge in [-0.2, -0.15) is 0 Å². The third-order valence-corrected chi connectivity index (χ3v) is 5.78. The summed E-state index contributed by atoms with van der Waals surface area (Å²) in [5, 5.41) is 3.65. The van der Waals surface area contributed by atoms with Gasteiger partial charge in [0.15, 0.2) is 8.80 Å². The predicted octanol–water partition coefficient (Wildman–Crippen LogP) is 1.12. The third kappa shape index (κ3) is 1.97. The maximum absolute atomic E-state index is 5.59. The zero-order valence-electron chi connectivity index (χ0n) is 9.24. The molecule has 0 aliphatic heterocycles. The van der Waals surface area contributed by atoms with Crippen molar-refractivity contribution in [3.63, 3.8) is 0 Å². The molecule has 17 heavy (non-hydrogen) atoms. The second-order valence-corrected chi connectivity index (χ2v) is 6.68. The third-order valence-electron chi connectivity index (χ3n) is 2.84. The Hall–Kier alpha value is -2.00. The summed E-state index contributed by atoms with van der Waals surface area (Å²) in [7, 11) is -1.47. The van der Waals surface area contributed by atoms with Gasteiger partial charge >= 0.3 is 0 Å². The number of hydrogen-bond acceptors (Lipinski definition) is 2. The Kier molecular flexibility index (Phi) is 2.67. The fraction of sp³-hybridized carbons (Fsp3) is 0. The quantitative estimate of drug-likeness (QED) is 0.641. The van der Waals surface area contributed by atoms with E-state index in [0.717, 1.165) is 5.38 Å². The van der Waals surface area contributed by atoms with Crippen molar-refractivity contribution < 1.29 is 8.83 Å². The van der Waals surface area contributed by atoms with Gasteiger partial charge in [0.05, 0.1) is 24.2 Å². The van der Waals surface area contributed by atoms with Crippen LogP contribution in [0.2, 0.25) is 0 Å². The maximum Gasteiger partial charge on any atom is 0.181 e. The average molecular weight is 240 g/mol. The van der Waals surface area contributed by atoms with Crippen LogP contribution >= 0.6 is 0 Å². The molecular formula is C14H12O2Si. The molecular weight excluding hydrogens is 228 g/mol. The van der Waals surface area contributed by atoms with Crippen molar-refractivity contribution in [3.05, 3.63) is 67.3 Å². The molecule has 1 unspecified atom stereocenters. The van der Waals surface area contributed by atoms with E-state index in [-0.39, 0.29) is 0 Å². The van der Waals surface area contributed by atoms with E-state index >= 15 is 0 Å². The molecule has 0 saturated carbocycles. The zero-order chi connectivity index (χ0) is 11.5. The smallest absolute Gasteiger partial charge is 0.181 e. The molecule has 1 aromatic carbocycles. The van der Waals surface area contributed by atoms with Crippen molar-refractivity contribution in [1.82, 2.24) is 0 Å². The molecule has 2 nitrogen and oxygen atoms in total. The first-order chi connectivity index (χ1) is 8.45. The van der Waals surface area contributed by atoms with E-state index in [1.165, 1.54) is 10.4 Å². The SMILES string of the molecule is c1ccc([SiH](c2ccoc2)c2ccco2)cc1. The Labute approximate surface area is 101 Å². The van der Waals surface area contributed by atoms with Gasteiger partial charge in [-0.15, -0.1) is 0 Å². The predicted molar refractivity (Wildman–Crippen MR) is 69.9 cm³/mol. The van der Waals surface area contributed by atoms with Crippen LogP contribution in [0.25, 0.3) is 0 Å². The minimum absolute atomic E-state index is 1.07. The summed E-state index contributed by atoms with van der Waals surface area (Å²) in [5.41, 5.74) is 0. The van der Waals surface area contributed by atoms with Crippen LogP contribution in [0.15, 0.2) is 76.2 Å². The first-order valence-electron chi connectivity index (χ1n) is 5.55. The van der Waals surface area contributed by atoms with Crippen LogP contribution in [0.1, 0.15) is 0 Å². The van der Waals surface area contributed by atoms with Gasteiger partial charge in [0.2, 0.25) is 0 Å². The Morgan fingerprint density at radius 2 is 1.65 bits per heavy atom. The van der Waals surface area contributed by atoms with Gasteiger partial charge in [-0.3, -0.25) is 0 Å². The van der Waals surface area contributed by atoms with Crippen LogP contribution in [-0.4, -0.2) is 8.80 Å². The van der Waals surface area contributed by atoms with E-state index < -0.39 is 8.80 Å². The lowest BCUT2D eigenvalue weighted by atomic mass is 10.4. The lowest BCUT2D eigenvalue weighted by Crippen LogP contribution is -2.50. The van der Waals surface area contributed by atoms with Crippen LogP contribution in [-0.2, 0) is 0 Å². The van der Waals surface area contributed by atoms with Crippen molar-refractivity contribution >= 4 is 24.6 Å². The fourth-order valence-corrected chi connectivity index (χ4v) is 4.71. The summed E-state index contributed by atoms with van der Waals surface area (Å²) in [6.45, 7) is 0. The Morgan fingerprint density at radius 3 is 2.29 bits per heavy atom. The molecule has 0 radical (unpaired) electrons. The highest BCUT2D eigenvalue weighted by Crippen LogP contribution is 1.96. The van der Waals surface area contributed by atoms with Crippen LogP contribution in [0.4, 0.5) is 0 Å². The molecule has 2 aromatic heterocycles. The van der Waals surface area contributed by atoms with Crippen LogP contribution in [0.5, 0.6) is 0 Å². The fourth-order valence-electron chi connectivity index (χ4n) is 2.06. The molecule has 0 aliphatic carbocycles. The van der Waals surface area contributed by atoms with Gasteiger partial charge < -0.3 is 8.83 Å². The van der Waals surface area contributed by atoms with Gasteiger partial charge in [0, 0.05) is 0 Å². The van der Waals surface area contributed by atoms with Gasteiger partial charge in [0.25, 0.3) is 0 Å². The summed E-state index contributed by atoms with van der Waals surface area (Å²) in [6, 6.07) is 16.5. The lowest BCUT2D eigenvalue weighted by Gasteiger charge is -2.10. The molecule has 3 heteroatoms. The van der Waals surface area contributed by atoms with Gasteiger partial charge in [0.1, 0.15) is 0 Å². The minimum Gasteiger partial charge on any atom is -0.474 e. The molecule has 1 atom stereocenters. The van der Waals surface area contributed by atoms with E-state index in [4.69, 9.17) is 8.83 Å². The van der Waals surface area contributed by atoms with Gasteiger partial charge in [-0.25, -0.2) is 0 Å². The minimum atomic E-state index is -1.47. The van der Waals surface area contributed by atoms with Gasteiger partial charge in [-0.1, -0.05) is 30.3 Å². The maximum atomic E-state index is 5.59. The highest BCUT2D eigenvalue weighted by Gasteiger charge is 2.22. The standard InChI is InChI=1S/C14H12O2Si/c1-2-5-12(6-3-1)17(13-8-10-15-11-13)14-7-4-9-16-14/h1-11,17H. The van der Waals surface area contributed by atoms with E-state index in [2.05, 4.69) is 30.3 Å². The molecule has 2 heterocycles. The highest BCUT2D eigenvalue weighted by molar-refractivity contribution is 6.94. The van der Waals surface area contributed by atoms with E-state index in [1.54, 1.807) is 12.5 Å². The number of hydrogen-bond donors (Lipinski definition) is 0. The number of furan rings is 2. The summed E-state index contributed by atoms with van der Waals surface area (Å²) in [6.07, 6.45) is 5.28. The van der Waals surface area contributed by atoms with Crippen molar-refractivity contribution in [2.75, 3.05) is 0 Å². The summed E-state index contributed by atoms with van der Waals surface area (Å²) in [4.78, 5) is 0. The zero-order valence-corrected chi connectivity index (χ0v) is 10.4. The molecule has 3 rings (SSSR count). The monoisotopic (exact) mass is 240 g/mol. The molecule has 0 amide bonds. The van der Waals surface area contributed by atoms with Crippen molar-refractivity contribution in [3.8, 4) is 0 Å². The van der Waals surface area contributed by atoms with Gasteiger partial charge in [-0.05, 0) is 28.6 Å². The lowest BCUT2D eigenvalue weighted by molar-refractivity contribution is 0.568. The molecule has 84 valence electrons.